The number of carboxylic acid groups (broad SMARTS) is 1. The van der Waals surface area contributed by atoms with Crippen LogP contribution in [0.15, 0.2) is 77.7 Å². The monoisotopic (exact) mass is 813 g/mol. The SMILES string of the molecule is CCn1cc(C(=O)O)c(=O)c2cc(F)c(N3CCN(C(=O)OCc4ccc(NC(=O)[C@H](C)c5nnc(C(NC(=O)OCc6ccccc6)C(C)C)s5)cc4)CC3)cc21. The van der Waals surface area contributed by atoms with Gasteiger partial charge in [-0.25, -0.2) is 18.8 Å². The van der Waals surface area contributed by atoms with E-state index in [0.29, 0.717) is 46.4 Å². The molecular weight excluding hydrogens is 770 g/mol. The van der Waals surface area contributed by atoms with Gasteiger partial charge in [0.15, 0.2) is 0 Å². The number of ether oxygens (including phenoxy) is 2. The van der Waals surface area contributed by atoms with Crippen molar-refractivity contribution in [2.75, 3.05) is 36.4 Å². The Labute approximate surface area is 337 Å². The molecule has 3 N–H and O–H groups in total. The van der Waals surface area contributed by atoms with Crippen molar-refractivity contribution in [1.29, 1.82) is 0 Å². The first-order valence-electron chi connectivity index (χ1n) is 18.8. The molecule has 5 aromatic rings. The summed E-state index contributed by atoms with van der Waals surface area (Å²) in [5.74, 6) is -2.98. The standard InChI is InChI=1S/C41H44FN7O8S/c1-5-47-21-30(39(52)53)35(50)29-19-31(42)33(20-32(29)47)48-15-17-49(18-16-48)41(55)57-23-27-11-13-28(14-12-27)43-36(51)25(4)37-45-46-38(58-37)34(24(2)3)44-40(54)56-22-26-9-7-6-8-10-26/h6-14,19-21,24-25,34H,5,15-18,22-23H2,1-4H3,(H,43,51)(H,44,54)(H,52,53)/t25-,34?/m0/s1. The van der Waals surface area contributed by atoms with Crippen molar-refractivity contribution in [3.8, 4) is 0 Å². The minimum atomic E-state index is -1.37. The molecule has 0 aliphatic carbocycles. The quantitative estimate of drug-likeness (QED) is 0.117. The predicted molar refractivity (Wildman–Crippen MR) is 216 cm³/mol. The Morgan fingerprint density at radius 2 is 1.55 bits per heavy atom. The highest BCUT2D eigenvalue weighted by Gasteiger charge is 2.28. The number of nitrogens with one attached hydrogen (secondary N) is 2. The molecular formula is C41H44FN7O8S. The van der Waals surface area contributed by atoms with Crippen molar-refractivity contribution in [2.24, 2.45) is 5.92 Å². The molecule has 15 nitrogen and oxygen atoms in total. The number of aromatic carboxylic acids is 1. The van der Waals surface area contributed by atoms with Crippen LogP contribution >= 0.6 is 11.3 Å². The van der Waals surface area contributed by atoms with Gasteiger partial charge in [0.05, 0.1) is 23.2 Å². The largest absolute Gasteiger partial charge is 0.477 e. The number of carbonyl (C=O) groups excluding carboxylic acids is 3. The molecule has 0 saturated carbocycles. The van der Waals surface area contributed by atoms with Crippen LogP contribution < -0.4 is 21.0 Å². The Morgan fingerprint density at radius 3 is 2.21 bits per heavy atom. The smallest absolute Gasteiger partial charge is 0.410 e. The summed E-state index contributed by atoms with van der Waals surface area (Å²) in [6.07, 6.45) is 0.162. The number of nitrogens with zero attached hydrogens (tertiary/aromatic N) is 5. The molecule has 304 valence electrons. The van der Waals surface area contributed by atoms with Crippen LogP contribution in [0.25, 0.3) is 10.9 Å². The van der Waals surface area contributed by atoms with Crippen LogP contribution in [0.2, 0.25) is 0 Å². The van der Waals surface area contributed by atoms with Gasteiger partial charge in [-0.3, -0.25) is 9.59 Å². The van der Waals surface area contributed by atoms with Gasteiger partial charge in [0, 0.05) is 50.0 Å². The molecule has 2 atom stereocenters. The number of aryl methyl sites for hydroxylation is 1. The minimum absolute atomic E-state index is 0.00568. The lowest BCUT2D eigenvalue weighted by Crippen LogP contribution is -2.49. The van der Waals surface area contributed by atoms with Crippen LogP contribution in [-0.2, 0) is 34.0 Å². The molecule has 1 aliphatic rings. The molecule has 2 aromatic heterocycles. The van der Waals surface area contributed by atoms with Crippen LogP contribution in [0.1, 0.15) is 71.2 Å². The average Bonchev–Trinajstić information content (AvgIpc) is 3.71. The van der Waals surface area contributed by atoms with Crippen LogP contribution in [-0.4, -0.2) is 75.0 Å². The molecule has 58 heavy (non-hydrogen) atoms. The zero-order chi connectivity index (χ0) is 41.5. The van der Waals surface area contributed by atoms with Gasteiger partial charge in [0.2, 0.25) is 11.3 Å². The zero-order valence-electron chi connectivity index (χ0n) is 32.4. The van der Waals surface area contributed by atoms with E-state index in [-0.39, 0.29) is 49.2 Å². The predicted octanol–water partition coefficient (Wildman–Crippen LogP) is 6.53. The molecule has 6 rings (SSSR count). The maximum Gasteiger partial charge on any atom is 0.410 e. The number of hydrogen-bond donors (Lipinski definition) is 3. The number of piperazine rings is 1. The maximum absolute atomic E-state index is 15.3. The molecule has 3 aromatic carbocycles. The molecule has 3 amide bonds. The van der Waals surface area contributed by atoms with Gasteiger partial charge in [0.1, 0.15) is 34.6 Å². The number of alkyl carbamates (subject to hydrolysis) is 1. The molecule has 0 bridgehead atoms. The van der Waals surface area contributed by atoms with Gasteiger partial charge < -0.3 is 39.6 Å². The number of benzene rings is 3. The van der Waals surface area contributed by atoms with E-state index in [2.05, 4.69) is 20.8 Å². The van der Waals surface area contributed by atoms with Crippen molar-refractivity contribution in [2.45, 2.75) is 59.4 Å². The topological polar surface area (TPSA) is 185 Å². The van der Waals surface area contributed by atoms with Crippen molar-refractivity contribution in [3.63, 3.8) is 0 Å². The summed E-state index contributed by atoms with van der Waals surface area (Å²) >= 11 is 1.25. The van der Waals surface area contributed by atoms with Crippen molar-refractivity contribution < 1.29 is 38.1 Å². The number of amides is 3. The van der Waals surface area contributed by atoms with Crippen LogP contribution in [0.5, 0.6) is 0 Å². The molecule has 1 unspecified atom stereocenters. The Balaban J connectivity index is 0.975. The summed E-state index contributed by atoms with van der Waals surface area (Å²) in [5, 5.41) is 24.7. The second-order valence-corrected chi connectivity index (χ2v) is 15.2. The first-order chi connectivity index (χ1) is 27.8. The fraction of sp³-hybridized carbons (Fsp3) is 0.341. The van der Waals surface area contributed by atoms with Crippen LogP contribution in [0.4, 0.5) is 25.4 Å². The normalized spacial score (nSPS) is 13.9. The number of aromatic nitrogens is 3. The third-order valence-corrected chi connectivity index (χ3v) is 11.0. The van der Waals surface area contributed by atoms with Crippen molar-refractivity contribution in [1.82, 2.24) is 25.0 Å². The fourth-order valence-corrected chi connectivity index (χ4v) is 7.54. The molecule has 3 heterocycles. The van der Waals surface area contributed by atoms with Crippen molar-refractivity contribution in [3.05, 3.63) is 116 Å². The fourth-order valence-electron chi connectivity index (χ4n) is 6.42. The molecule has 1 aliphatic heterocycles. The maximum atomic E-state index is 15.3. The van der Waals surface area contributed by atoms with Gasteiger partial charge in [0.25, 0.3) is 0 Å². The lowest BCUT2D eigenvalue weighted by atomic mass is 10.1. The lowest BCUT2D eigenvalue weighted by molar-refractivity contribution is -0.117. The highest BCUT2D eigenvalue weighted by Crippen LogP contribution is 2.30. The number of hydrogen-bond acceptors (Lipinski definition) is 11. The summed E-state index contributed by atoms with van der Waals surface area (Å²) in [5.41, 5.74) is 1.62. The van der Waals surface area contributed by atoms with E-state index in [1.54, 1.807) is 53.6 Å². The molecule has 17 heteroatoms. The summed E-state index contributed by atoms with van der Waals surface area (Å²) in [6, 6.07) is 18.4. The van der Waals surface area contributed by atoms with Gasteiger partial charge >= 0.3 is 18.2 Å². The number of pyridine rings is 1. The number of carbonyl (C=O) groups is 4. The highest BCUT2D eigenvalue weighted by molar-refractivity contribution is 7.11. The summed E-state index contributed by atoms with van der Waals surface area (Å²) in [4.78, 5) is 66.3. The van der Waals surface area contributed by atoms with Gasteiger partial charge in [-0.15, -0.1) is 10.2 Å². The Kier molecular flexibility index (Phi) is 13.0. The van der Waals surface area contributed by atoms with Gasteiger partial charge in [-0.1, -0.05) is 67.6 Å². The van der Waals surface area contributed by atoms with E-state index in [1.807, 2.05) is 44.2 Å². The first-order valence-corrected chi connectivity index (χ1v) is 19.6. The van der Waals surface area contributed by atoms with Crippen LogP contribution in [0.3, 0.4) is 0 Å². The van der Waals surface area contributed by atoms with Gasteiger partial charge in [-0.05, 0) is 55.2 Å². The summed E-state index contributed by atoms with van der Waals surface area (Å²) in [6.45, 7) is 9.07. The average molecular weight is 814 g/mol. The Hall–Kier alpha value is -6.36. The van der Waals surface area contributed by atoms with E-state index in [1.165, 1.54) is 22.4 Å². The number of halogens is 1. The van der Waals surface area contributed by atoms with E-state index in [4.69, 9.17) is 9.47 Å². The van der Waals surface area contributed by atoms with E-state index < -0.39 is 46.9 Å². The molecule has 1 fully saturated rings. The third-order valence-electron chi connectivity index (χ3n) is 9.82. The van der Waals surface area contributed by atoms with Gasteiger partial charge in [-0.2, -0.15) is 0 Å². The zero-order valence-corrected chi connectivity index (χ0v) is 33.3. The molecule has 0 spiro atoms. The van der Waals surface area contributed by atoms with Crippen molar-refractivity contribution >= 4 is 57.7 Å². The molecule has 1 saturated heterocycles. The molecule has 0 radical (unpaired) electrons. The van der Waals surface area contributed by atoms with E-state index >= 15 is 4.39 Å². The van der Waals surface area contributed by atoms with E-state index in [0.717, 1.165) is 11.6 Å². The van der Waals surface area contributed by atoms with Crippen LogP contribution in [0, 0.1) is 11.7 Å². The second kappa shape index (κ2) is 18.3. The summed E-state index contributed by atoms with van der Waals surface area (Å²) in [7, 11) is 0. The highest BCUT2D eigenvalue weighted by atomic mass is 32.1. The first kappa shape index (κ1) is 41.3. The third kappa shape index (κ3) is 9.59. The second-order valence-electron chi connectivity index (χ2n) is 14.1. The Morgan fingerprint density at radius 1 is 0.897 bits per heavy atom. The number of fused-ring (bicyclic) bond motifs is 1. The lowest BCUT2D eigenvalue weighted by Gasteiger charge is -2.35. The number of carboxylic acids is 1. The number of anilines is 2. The summed E-state index contributed by atoms with van der Waals surface area (Å²) < 4.78 is 27.8. The Bertz CT molecular complexity index is 2340. The number of rotatable bonds is 13. The van der Waals surface area contributed by atoms with E-state index in [9.17, 15) is 29.1 Å². The minimum Gasteiger partial charge on any atom is -0.477 e.